The maximum absolute atomic E-state index is 12.5. The highest BCUT2D eigenvalue weighted by Crippen LogP contribution is 2.25. The molecule has 1 aliphatic rings. The van der Waals surface area contributed by atoms with Crippen LogP contribution in [0.4, 0.5) is 0 Å². The minimum Gasteiger partial charge on any atom is -0.295 e. The summed E-state index contributed by atoms with van der Waals surface area (Å²) in [5.74, 6) is -0.0599. The van der Waals surface area contributed by atoms with Gasteiger partial charge in [0.15, 0.2) is 5.78 Å². The lowest BCUT2D eigenvalue weighted by Crippen LogP contribution is -2.41. The summed E-state index contributed by atoms with van der Waals surface area (Å²) in [6, 6.07) is 6.24. The van der Waals surface area contributed by atoms with Gasteiger partial charge in [-0.3, -0.25) is 4.79 Å². The number of hydrogen-bond donors (Lipinski definition) is 0. The molecule has 1 heterocycles. The number of carbonyl (C=O) groups excluding carboxylic acids is 1. The molecule has 5 heteroatoms. The van der Waals surface area contributed by atoms with E-state index in [2.05, 4.69) is 0 Å². The Morgan fingerprint density at radius 2 is 1.84 bits per heavy atom. The molecular weight excluding hydrogens is 262 g/mol. The molecular formula is C14H19NO3S. The molecule has 2 rings (SSSR count). The van der Waals surface area contributed by atoms with Gasteiger partial charge in [0.05, 0.1) is 4.90 Å². The summed E-state index contributed by atoms with van der Waals surface area (Å²) in [4.78, 5) is 11.5. The van der Waals surface area contributed by atoms with Gasteiger partial charge in [-0.05, 0) is 38.8 Å². The number of Topliss-reactive ketones (excluding diaryl/α,β-unsaturated/α-hetero) is 1. The van der Waals surface area contributed by atoms with E-state index in [1.54, 1.807) is 16.4 Å². The molecule has 0 amide bonds. The van der Waals surface area contributed by atoms with Gasteiger partial charge in [0.2, 0.25) is 10.0 Å². The topological polar surface area (TPSA) is 54.5 Å². The van der Waals surface area contributed by atoms with Crippen molar-refractivity contribution in [1.82, 2.24) is 4.31 Å². The lowest BCUT2D eigenvalue weighted by molar-refractivity contribution is 0.101. The Hall–Kier alpha value is -1.20. The second-order valence-corrected chi connectivity index (χ2v) is 6.93. The minimum atomic E-state index is -3.43. The van der Waals surface area contributed by atoms with Gasteiger partial charge in [-0.15, -0.1) is 0 Å². The van der Waals surface area contributed by atoms with E-state index in [9.17, 15) is 13.2 Å². The zero-order valence-electron chi connectivity index (χ0n) is 11.3. The van der Waals surface area contributed by atoms with Crippen LogP contribution in [0.25, 0.3) is 0 Å². The first kappa shape index (κ1) is 14.2. The zero-order chi connectivity index (χ0) is 14.0. The fourth-order valence-corrected chi connectivity index (χ4v) is 4.13. The molecule has 1 aromatic rings. The molecule has 1 unspecified atom stereocenters. The van der Waals surface area contributed by atoms with Crippen molar-refractivity contribution in [2.45, 2.75) is 44.0 Å². The summed E-state index contributed by atoms with van der Waals surface area (Å²) < 4.78 is 26.6. The van der Waals surface area contributed by atoms with Crippen LogP contribution in [-0.2, 0) is 10.0 Å². The summed E-state index contributed by atoms with van der Waals surface area (Å²) in [5, 5.41) is 0. The van der Waals surface area contributed by atoms with E-state index >= 15 is 0 Å². The molecule has 0 saturated carbocycles. The summed E-state index contributed by atoms with van der Waals surface area (Å²) in [7, 11) is -3.43. The van der Waals surface area contributed by atoms with Crippen molar-refractivity contribution < 1.29 is 13.2 Å². The smallest absolute Gasteiger partial charge is 0.243 e. The van der Waals surface area contributed by atoms with Crippen LogP contribution in [0.1, 0.15) is 43.5 Å². The molecule has 1 saturated heterocycles. The van der Waals surface area contributed by atoms with Crippen molar-refractivity contribution in [3.63, 3.8) is 0 Å². The van der Waals surface area contributed by atoms with Crippen LogP contribution in [-0.4, -0.2) is 31.1 Å². The number of piperidine rings is 1. The number of benzene rings is 1. The average molecular weight is 281 g/mol. The molecule has 1 atom stereocenters. The Labute approximate surface area is 114 Å². The summed E-state index contributed by atoms with van der Waals surface area (Å²) in [5.41, 5.74) is 0.533. The zero-order valence-corrected chi connectivity index (χ0v) is 12.1. The normalized spacial score (nSPS) is 21.3. The Morgan fingerprint density at radius 3 is 2.37 bits per heavy atom. The first-order valence-corrected chi connectivity index (χ1v) is 8.00. The Bertz CT molecular complexity index is 563. The molecule has 0 bridgehead atoms. The van der Waals surface area contributed by atoms with Crippen LogP contribution < -0.4 is 0 Å². The molecule has 0 aromatic heterocycles. The monoisotopic (exact) mass is 281 g/mol. The van der Waals surface area contributed by atoms with E-state index in [1.165, 1.54) is 19.1 Å². The number of rotatable bonds is 3. The fraction of sp³-hybridized carbons (Fsp3) is 0.500. The maximum atomic E-state index is 12.5. The van der Waals surface area contributed by atoms with Crippen molar-refractivity contribution in [2.75, 3.05) is 6.54 Å². The largest absolute Gasteiger partial charge is 0.295 e. The number of nitrogens with zero attached hydrogens (tertiary/aromatic N) is 1. The van der Waals surface area contributed by atoms with Crippen LogP contribution in [0.2, 0.25) is 0 Å². The molecule has 104 valence electrons. The van der Waals surface area contributed by atoms with Crippen molar-refractivity contribution >= 4 is 15.8 Å². The third-order valence-corrected chi connectivity index (χ3v) is 5.64. The average Bonchev–Trinajstić information content (AvgIpc) is 2.39. The Morgan fingerprint density at radius 1 is 1.21 bits per heavy atom. The van der Waals surface area contributed by atoms with Gasteiger partial charge in [-0.2, -0.15) is 4.31 Å². The predicted octanol–water partition coefficient (Wildman–Crippen LogP) is 2.45. The van der Waals surface area contributed by atoms with Crippen LogP contribution in [0, 0.1) is 0 Å². The lowest BCUT2D eigenvalue weighted by atomic mass is 10.1. The second kappa shape index (κ2) is 5.43. The Balaban J connectivity index is 2.30. The van der Waals surface area contributed by atoms with Crippen LogP contribution in [0.15, 0.2) is 29.2 Å². The van der Waals surface area contributed by atoms with E-state index in [4.69, 9.17) is 0 Å². The molecule has 0 N–H and O–H groups in total. The number of sulfonamides is 1. The third-order valence-electron chi connectivity index (χ3n) is 3.61. The van der Waals surface area contributed by atoms with Crippen LogP contribution in [0.3, 0.4) is 0 Å². The van der Waals surface area contributed by atoms with Gasteiger partial charge in [0.25, 0.3) is 0 Å². The van der Waals surface area contributed by atoms with E-state index in [-0.39, 0.29) is 16.7 Å². The molecule has 4 nitrogen and oxygen atoms in total. The summed E-state index contributed by atoms with van der Waals surface area (Å²) in [6.07, 6.45) is 2.90. The van der Waals surface area contributed by atoms with Crippen molar-refractivity contribution in [1.29, 1.82) is 0 Å². The van der Waals surface area contributed by atoms with Gasteiger partial charge in [0.1, 0.15) is 0 Å². The SMILES string of the molecule is CC(=O)c1ccc(S(=O)(=O)N2CCCCC2C)cc1. The number of carbonyl (C=O) groups is 1. The molecule has 1 aromatic carbocycles. The molecule has 1 fully saturated rings. The highest BCUT2D eigenvalue weighted by Gasteiger charge is 2.30. The van der Waals surface area contributed by atoms with E-state index in [0.717, 1.165) is 19.3 Å². The van der Waals surface area contributed by atoms with E-state index in [1.807, 2.05) is 6.92 Å². The predicted molar refractivity (Wildman–Crippen MR) is 73.7 cm³/mol. The van der Waals surface area contributed by atoms with Gasteiger partial charge in [-0.25, -0.2) is 8.42 Å². The molecule has 19 heavy (non-hydrogen) atoms. The number of hydrogen-bond acceptors (Lipinski definition) is 3. The van der Waals surface area contributed by atoms with Crippen LogP contribution >= 0.6 is 0 Å². The highest BCUT2D eigenvalue weighted by molar-refractivity contribution is 7.89. The van der Waals surface area contributed by atoms with Gasteiger partial charge >= 0.3 is 0 Å². The summed E-state index contributed by atoms with van der Waals surface area (Å²) >= 11 is 0. The lowest BCUT2D eigenvalue weighted by Gasteiger charge is -2.32. The quantitative estimate of drug-likeness (QED) is 0.800. The molecule has 0 spiro atoms. The van der Waals surface area contributed by atoms with Crippen molar-refractivity contribution in [2.24, 2.45) is 0 Å². The standard InChI is InChI=1S/C14H19NO3S/c1-11-5-3-4-10-15(11)19(17,18)14-8-6-13(7-9-14)12(2)16/h6-9,11H,3-5,10H2,1-2H3. The third kappa shape index (κ3) is 2.87. The summed E-state index contributed by atoms with van der Waals surface area (Å²) in [6.45, 7) is 3.99. The minimum absolute atomic E-state index is 0.0474. The Kier molecular flexibility index (Phi) is 4.06. The van der Waals surface area contributed by atoms with Gasteiger partial charge in [-0.1, -0.05) is 18.6 Å². The van der Waals surface area contributed by atoms with E-state index < -0.39 is 10.0 Å². The molecule has 1 aliphatic heterocycles. The first-order chi connectivity index (χ1) is 8.93. The van der Waals surface area contributed by atoms with Crippen LogP contribution in [0.5, 0.6) is 0 Å². The van der Waals surface area contributed by atoms with Gasteiger partial charge < -0.3 is 0 Å². The van der Waals surface area contributed by atoms with E-state index in [0.29, 0.717) is 12.1 Å². The molecule has 0 aliphatic carbocycles. The highest BCUT2D eigenvalue weighted by atomic mass is 32.2. The second-order valence-electron chi connectivity index (χ2n) is 5.04. The maximum Gasteiger partial charge on any atom is 0.243 e. The van der Waals surface area contributed by atoms with Crippen molar-refractivity contribution in [3.8, 4) is 0 Å². The number of ketones is 1. The van der Waals surface area contributed by atoms with Gasteiger partial charge in [0, 0.05) is 18.2 Å². The first-order valence-electron chi connectivity index (χ1n) is 6.56. The fourth-order valence-electron chi connectivity index (χ4n) is 2.43. The van der Waals surface area contributed by atoms with Crippen molar-refractivity contribution in [3.05, 3.63) is 29.8 Å². The molecule has 0 radical (unpaired) electrons.